The maximum absolute atomic E-state index is 13.8. The van der Waals surface area contributed by atoms with E-state index in [1.165, 1.54) is 23.7 Å². The molecule has 2 amide bonds. The van der Waals surface area contributed by atoms with Crippen LogP contribution in [0.4, 0.5) is 36.1 Å². The van der Waals surface area contributed by atoms with Gasteiger partial charge in [-0.3, -0.25) is 14.9 Å². The summed E-state index contributed by atoms with van der Waals surface area (Å²) in [5.74, 6) is -0.377. The van der Waals surface area contributed by atoms with Gasteiger partial charge in [-0.1, -0.05) is 6.07 Å². The second-order valence-corrected chi connectivity index (χ2v) is 13.0. The Morgan fingerprint density at radius 3 is 2.50 bits per heavy atom. The number of nitrogens with one attached hydrogen (secondary N) is 4. The molecule has 2 aliphatic rings. The molecule has 0 spiro atoms. The summed E-state index contributed by atoms with van der Waals surface area (Å²) in [6.45, 7) is 6.18. The number of aryl methyl sites for hydroxylation is 1. The number of carbonyl (C=O) groups excluding carboxylic acids is 2. The van der Waals surface area contributed by atoms with Crippen LogP contribution in [0.3, 0.4) is 0 Å². The van der Waals surface area contributed by atoms with E-state index in [1.807, 2.05) is 6.92 Å². The number of halogens is 3. The monoisotopic (exact) mass is 652 g/mol. The third kappa shape index (κ3) is 6.50. The molecular formula is C32H35F3N8O2S. The minimum Gasteiger partial charge on any atom is -0.366 e. The van der Waals surface area contributed by atoms with E-state index in [1.54, 1.807) is 42.5 Å². The quantitative estimate of drug-likeness (QED) is 0.177. The van der Waals surface area contributed by atoms with E-state index < -0.39 is 23.3 Å². The number of anilines is 4. The van der Waals surface area contributed by atoms with Gasteiger partial charge in [0.25, 0.3) is 11.8 Å². The van der Waals surface area contributed by atoms with E-state index in [0.717, 1.165) is 48.3 Å². The first-order chi connectivity index (χ1) is 21.8. The van der Waals surface area contributed by atoms with Crippen molar-refractivity contribution in [1.82, 2.24) is 20.2 Å². The topological polar surface area (TPSA) is 114 Å². The third-order valence-corrected chi connectivity index (χ3v) is 9.69. The number of carbonyl (C=O) groups is 2. The zero-order chi connectivity index (χ0) is 32.8. The number of amides is 2. The molecule has 0 radical (unpaired) electrons. The van der Waals surface area contributed by atoms with Crippen molar-refractivity contribution in [3.8, 4) is 0 Å². The van der Waals surface area contributed by atoms with E-state index in [2.05, 4.69) is 43.2 Å². The number of likely N-dealkylation sites (tertiary alicyclic amines) is 1. The van der Waals surface area contributed by atoms with E-state index in [-0.39, 0.29) is 17.5 Å². The summed E-state index contributed by atoms with van der Waals surface area (Å²) in [4.78, 5) is 39.6. The minimum atomic E-state index is -4.63. The van der Waals surface area contributed by atoms with Crippen molar-refractivity contribution in [2.45, 2.75) is 44.6 Å². The zero-order valence-electron chi connectivity index (χ0n) is 25.9. The van der Waals surface area contributed by atoms with Crippen LogP contribution < -0.4 is 26.2 Å². The van der Waals surface area contributed by atoms with Crippen molar-refractivity contribution in [2.75, 3.05) is 54.6 Å². The Labute approximate surface area is 268 Å². The largest absolute Gasteiger partial charge is 0.416 e. The van der Waals surface area contributed by atoms with Crippen LogP contribution in [-0.2, 0) is 6.18 Å². The SMILES string of the molecule is CNC1(C)CN1c1cc(C(=O)Nc2ccc(C)c(NC(=O)c3csc4c(NC5CCN(C)CC5)ncnc34)c2)cc(C(F)(F)F)c1. The van der Waals surface area contributed by atoms with Crippen LogP contribution in [0.1, 0.15) is 51.6 Å². The molecule has 46 heavy (non-hydrogen) atoms. The Hall–Kier alpha value is -4.27. The lowest BCUT2D eigenvalue weighted by Crippen LogP contribution is -2.36. The fourth-order valence-electron chi connectivity index (χ4n) is 5.61. The van der Waals surface area contributed by atoms with Gasteiger partial charge in [-0.05, 0) is 89.8 Å². The van der Waals surface area contributed by atoms with Gasteiger partial charge in [0, 0.05) is 34.0 Å². The summed E-state index contributed by atoms with van der Waals surface area (Å²) in [6, 6.07) is 8.56. The molecule has 2 fully saturated rings. The predicted octanol–water partition coefficient (Wildman–Crippen LogP) is 5.78. The average molecular weight is 653 g/mol. The molecule has 1 atom stereocenters. The summed E-state index contributed by atoms with van der Waals surface area (Å²) in [5, 5.41) is 13.9. The highest BCUT2D eigenvalue weighted by molar-refractivity contribution is 7.18. The number of hydrogen-bond donors (Lipinski definition) is 4. The number of rotatable bonds is 8. The second-order valence-electron chi connectivity index (χ2n) is 12.1. The first-order valence-corrected chi connectivity index (χ1v) is 15.8. The van der Waals surface area contributed by atoms with Crippen LogP contribution in [0.15, 0.2) is 48.1 Å². The van der Waals surface area contributed by atoms with Gasteiger partial charge in [0.15, 0.2) is 0 Å². The molecule has 6 rings (SSSR count). The summed E-state index contributed by atoms with van der Waals surface area (Å²) < 4.78 is 42.0. The molecule has 4 N–H and O–H groups in total. The van der Waals surface area contributed by atoms with E-state index in [4.69, 9.17) is 0 Å². The molecule has 0 aliphatic carbocycles. The van der Waals surface area contributed by atoms with Crippen LogP contribution in [0, 0.1) is 6.92 Å². The molecule has 2 aromatic carbocycles. The summed E-state index contributed by atoms with van der Waals surface area (Å²) in [6.07, 6.45) is -1.19. The smallest absolute Gasteiger partial charge is 0.366 e. The van der Waals surface area contributed by atoms with Crippen molar-refractivity contribution < 1.29 is 22.8 Å². The van der Waals surface area contributed by atoms with Crippen LogP contribution in [0.5, 0.6) is 0 Å². The predicted molar refractivity (Wildman–Crippen MR) is 175 cm³/mol. The van der Waals surface area contributed by atoms with Crippen LogP contribution in [-0.4, -0.2) is 72.1 Å². The van der Waals surface area contributed by atoms with E-state index in [0.29, 0.717) is 40.5 Å². The standard InChI is InChI=1S/C32H35F3N8O2S/c1-18-5-6-22(40-29(44)19-11-20(32(33,34)35)13-23(12-19)43-16-31(43,2)36-3)14-25(18)41-30(45)24-15-46-27-26(24)37-17-38-28(27)39-21-7-9-42(4)10-8-21/h5-6,11-15,17,21,36H,7-10,16H2,1-4H3,(H,40,44)(H,41,45)(H,37,38,39). The molecule has 14 heteroatoms. The number of likely N-dealkylation sites (N-methyl/N-ethyl adjacent to an activating group) is 1. The van der Waals surface area contributed by atoms with Gasteiger partial charge >= 0.3 is 6.18 Å². The number of thiophene rings is 1. The maximum atomic E-state index is 13.8. The fourth-order valence-corrected chi connectivity index (χ4v) is 6.56. The van der Waals surface area contributed by atoms with E-state index in [9.17, 15) is 22.8 Å². The molecule has 0 bridgehead atoms. The third-order valence-electron chi connectivity index (χ3n) is 8.72. The molecule has 4 aromatic rings. The molecule has 4 heterocycles. The number of alkyl halides is 3. The number of benzene rings is 2. The summed E-state index contributed by atoms with van der Waals surface area (Å²) in [5.41, 5.74) is 1.21. The highest BCUT2D eigenvalue weighted by Crippen LogP contribution is 2.40. The Balaban J connectivity index is 1.19. The van der Waals surface area contributed by atoms with Crippen LogP contribution >= 0.6 is 11.3 Å². The van der Waals surface area contributed by atoms with Gasteiger partial charge in [-0.25, -0.2) is 9.97 Å². The van der Waals surface area contributed by atoms with Crippen LogP contribution in [0.2, 0.25) is 0 Å². The first-order valence-electron chi connectivity index (χ1n) is 14.9. The number of fused-ring (bicyclic) bond motifs is 1. The number of hydrogen-bond acceptors (Lipinski definition) is 9. The Morgan fingerprint density at radius 1 is 1.04 bits per heavy atom. The summed E-state index contributed by atoms with van der Waals surface area (Å²) >= 11 is 1.39. The zero-order valence-corrected chi connectivity index (χ0v) is 26.7. The van der Waals surface area contributed by atoms with Crippen molar-refractivity contribution in [3.05, 3.63) is 70.4 Å². The lowest BCUT2D eigenvalue weighted by Gasteiger charge is -2.29. The Kier molecular flexibility index (Phi) is 8.38. The van der Waals surface area contributed by atoms with Gasteiger partial charge in [-0.2, -0.15) is 13.2 Å². The molecule has 2 aliphatic heterocycles. The Morgan fingerprint density at radius 2 is 1.80 bits per heavy atom. The van der Waals surface area contributed by atoms with Gasteiger partial charge in [0.1, 0.15) is 17.8 Å². The molecule has 2 saturated heterocycles. The normalized spacial score (nSPS) is 18.9. The van der Waals surface area contributed by atoms with Gasteiger partial charge in [0.2, 0.25) is 0 Å². The number of nitrogens with zero attached hydrogens (tertiary/aromatic N) is 4. The summed E-state index contributed by atoms with van der Waals surface area (Å²) in [7, 11) is 3.84. The second kappa shape index (κ2) is 12.2. The molecule has 10 nitrogen and oxygen atoms in total. The molecule has 2 aromatic heterocycles. The lowest BCUT2D eigenvalue weighted by molar-refractivity contribution is -0.137. The van der Waals surface area contributed by atoms with Crippen molar-refractivity contribution in [3.63, 3.8) is 0 Å². The van der Waals surface area contributed by atoms with Crippen molar-refractivity contribution in [2.24, 2.45) is 0 Å². The molecular weight excluding hydrogens is 617 g/mol. The minimum absolute atomic E-state index is 0.129. The average Bonchev–Trinajstić information content (AvgIpc) is 3.52. The highest BCUT2D eigenvalue weighted by Gasteiger charge is 2.47. The Bertz CT molecular complexity index is 1800. The molecule has 0 saturated carbocycles. The lowest BCUT2D eigenvalue weighted by atomic mass is 10.1. The molecule has 242 valence electrons. The van der Waals surface area contributed by atoms with Crippen molar-refractivity contribution >= 4 is 56.2 Å². The maximum Gasteiger partial charge on any atom is 0.416 e. The van der Waals surface area contributed by atoms with Crippen molar-refractivity contribution in [1.29, 1.82) is 0 Å². The van der Waals surface area contributed by atoms with Gasteiger partial charge < -0.3 is 25.8 Å². The van der Waals surface area contributed by atoms with Crippen LogP contribution in [0.25, 0.3) is 10.2 Å². The number of piperidine rings is 1. The van der Waals surface area contributed by atoms with Gasteiger partial charge in [0.05, 0.1) is 27.9 Å². The number of aromatic nitrogens is 2. The van der Waals surface area contributed by atoms with Gasteiger partial charge in [-0.15, -0.1) is 11.3 Å². The fraction of sp³-hybridized carbons (Fsp3) is 0.375. The first kappa shape index (κ1) is 31.7. The highest BCUT2D eigenvalue weighted by atomic mass is 32.1. The van der Waals surface area contributed by atoms with E-state index >= 15 is 0 Å². The molecule has 1 unspecified atom stereocenters.